The van der Waals surface area contributed by atoms with Crippen LogP contribution in [0.25, 0.3) is 0 Å². The number of carbonyl (C=O) groups is 1. The van der Waals surface area contributed by atoms with Crippen molar-refractivity contribution in [2.75, 3.05) is 11.5 Å². The van der Waals surface area contributed by atoms with Gasteiger partial charge < -0.3 is 10.6 Å². The lowest BCUT2D eigenvalue weighted by Gasteiger charge is -2.26. The maximum absolute atomic E-state index is 12.3. The molecule has 0 saturated heterocycles. The topological polar surface area (TPSA) is 41.1 Å². The Bertz CT molecular complexity index is 450. The molecule has 2 N–H and O–H groups in total. The highest BCUT2D eigenvalue weighted by Crippen LogP contribution is 2.16. The first-order valence-corrected chi connectivity index (χ1v) is 8.54. The zero-order chi connectivity index (χ0) is 14.4. The van der Waals surface area contributed by atoms with Gasteiger partial charge in [0.2, 0.25) is 5.91 Å². The van der Waals surface area contributed by atoms with E-state index in [1.165, 1.54) is 11.1 Å². The van der Waals surface area contributed by atoms with Gasteiger partial charge in [0.1, 0.15) is 0 Å². The first kappa shape index (κ1) is 15.4. The van der Waals surface area contributed by atoms with Crippen LogP contribution in [0.1, 0.15) is 31.4 Å². The zero-order valence-corrected chi connectivity index (χ0v) is 13.1. The summed E-state index contributed by atoms with van der Waals surface area (Å²) in [5.74, 6) is 2.38. The van der Waals surface area contributed by atoms with E-state index < -0.39 is 0 Å². The number of benzene rings is 1. The summed E-state index contributed by atoms with van der Waals surface area (Å²) >= 11 is 1.92. The van der Waals surface area contributed by atoms with Gasteiger partial charge in [-0.1, -0.05) is 31.2 Å². The van der Waals surface area contributed by atoms with E-state index in [1.807, 2.05) is 23.9 Å². The minimum absolute atomic E-state index is 0.0915. The first-order chi connectivity index (χ1) is 9.70. The summed E-state index contributed by atoms with van der Waals surface area (Å²) in [7, 11) is 0. The Morgan fingerprint density at radius 1 is 1.45 bits per heavy atom. The number of nitrogens with one attached hydrogen (secondary N) is 2. The lowest BCUT2D eigenvalue weighted by atomic mass is 9.95. The van der Waals surface area contributed by atoms with Gasteiger partial charge >= 0.3 is 0 Å². The molecule has 1 aliphatic rings. The van der Waals surface area contributed by atoms with E-state index in [0.717, 1.165) is 30.9 Å². The standard InChI is InChI=1S/C16H24N2OS/c1-3-20-9-8-12(2)18-16(19)15-10-13-6-4-5-7-14(13)11-17-15/h4-7,12,15,17H,3,8-11H2,1-2H3,(H,18,19)/t12?,15-/m0/s1. The molecule has 0 radical (unpaired) electrons. The van der Waals surface area contributed by atoms with Crippen LogP contribution in [-0.2, 0) is 17.8 Å². The number of hydrogen-bond acceptors (Lipinski definition) is 3. The lowest BCUT2D eigenvalue weighted by Crippen LogP contribution is -2.49. The Kier molecular flexibility index (Phi) is 5.92. The minimum Gasteiger partial charge on any atom is -0.352 e. The molecule has 1 aromatic rings. The molecule has 0 fully saturated rings. The Morgan fingerprint density at radius 2 is 2.20 bits per heavy atom. The van der Waals surface area contributed by atoms with Crippen LogP contribution in [0.5, 0.6) is 0 Å². The number of hydrogen-bond donors (Lipinski definition) is 2. The van der Waals surface area contributed by atoms with E-state index in [1.54, 1.807) is 0 Å². The Hall–Kier alpha value is -1.00. The van der Waals surface area contributed by atoms with Crippen LogP contribution in [0.2, 0.25) is 0 Å². The molecule has 0 aliphatic carbocycles. The first-order valence-electron chi connectivity index (χ1n) is 7.39. The van der Waals surface area contributed by atoms with Gasteiger partial charge in [0.25, 0.3) is 0 Å². The molecule has 1 amide bonds. The van der Waals surface area contributed by atoms with Crippen molar-refractivity contribution in [2.24, 2.45) is 0 Å². The second-order valence-electron chi connectivity index (χ2n) is 5.30. The van der Waals surface area contributed by atoms with Gasteiger partial charge in [0.05, 0.1) is 6.04 Å². The van der Waals surface area contributed by atoms with E-state index in [9.17, 15) is 4.79 Å². The normalized spacial score (nSPS) is 19.2. The second-order valence-corrected chi connectivity index (χ2v) is 6.70. The highest BCUT2D eigenvalue weighted by molar-refractivity contribution is 7.99. The molecule has 0 spiro atoms. The molecule has 110 valence electrons. The van der Waals surface area contributed by atoms with E-state index in [-0.39, 0.29) is 18.0 Å². The number of fused-ring (bicyclic) bond motifs is 1. The van der Waals surface area contributed by atoms with Gasteiger partial charge in [-0.25, -0.2) is 0 Å². The van der Waals surface area contributed by atoms with Crippen molar-refractivity contribution < 1.29 is 4.79 Å². The molecule has 3 nitrogen and oxygen atoms in total. The van der Waals surface area contributed by atoms with Gasteiger partial charge in [0.15, 0.2) is 0 Å². The van der Waals surface area contributed by atoms with Gasteiger partial charge in [-0.05, 0) is 42.4 Å². The molecule has 1 unspecified atom stereocenters. The lowest BCUT2D eigenvalue weighted by molar-refractivity contribution is -0.123. The van der Waals surface area contributed by atoms with Crippen molar-refractivity contribution in [1.82, 2.24) is 10.6 Å². The molecule has 0 bridgehead atoms. The summed E-state index contributed by atoms with van der Waals surface area (Å²) in [4.78, 5) is 12.3. The number of rotatable bonds is 6. The Morgan fingerprint density at radius 3 is 2.95 bits per heavy atom. The average Bonchev–Trinajstić information content (AvgIpc) is 2.47. The van der Waals surface area contributed by atoms with Crippen LogP contribution >= 0.6 is 11.8 Å². The Labute approximate surface area is 125 Å². The molecule has 2 rings (SSSR count). The zero-order valence-electron chi connectivity index (χ0n) is 12.3. The van der Waals surface area contributed by atoms with E-state index >= 15 is 0 Å². The van der Waals surface area contributed by atoms with Crippen LogP contribution in [-0.4, -0.2) is 29.5 Å². The SMILES string of the molecule is CCSCCC(C)NC(=O)[C@@H]1Cc2ccccc2CN1. The molecule has 0 aromatic heterocycles. The van der Waals surface area contributed by atoms with Crippen molar-refractivity contribution >= 4 is 17.7 Å². The maximum Gasteiger partial charge on any atom is 0.237 e. The smallest absolute Gasteiger partial charge is 0.237 e. The summed E-state index contributed by atoms with van der Waals surface area (Å²) in [5, 5.41) is 6.45. The fraction of sp³-hybridized carbons (Fsp3) is 0.562. The highest BCUT2D eigenvalue weighted by atomic mass is 32.2. The highest BCUT2D eigenvalue weighted by Gasteiger charge is 2.24. The molecule has 4 heteroatoms. The summed E-state index contributed by atoms with van der Waals surface area (Å²) in [6.07, 6.45) is 1.83. The Balaban J connectivity index is 1.82. The van der Waals surface area contributed by atoms with E-state index in [2.05, 4.69) is 36.6 Å². The van der Waals surface area contributed by atoms with Crippen molar-refractivity contribution in [2.45, 2.75) is 45.3 Å². The van der Waals surface area contributed by atoms with Gasteiger partial charge in [0, 0.05) is 12.6 Å². The molecule has 1 aliphatic heterocycles. The summed E-state index contributed by atoms with van der Waals surface area (Å²) in [6.45, 7) is 5.04. The van der Waals surface area contributed by atoms with Gasteiger partial charge in [-0.3, -0.25) is 4.79 Å². The van der Waals surface area contributed by atoms with Crippen LogP contribution in [0.3, 0.4) is 0 Å². The monoisotopic (exact) mass is 292 g/mol. The largest absolute Gasteiger partial charge is 0.352 e. The fourth-order valence-corrected chi connectivity index (χ4v) is 3.27. The third-order valence-electron chi connectivity index (χ3n) is 3.69. The third-order valence-corrected chi connectivity index (χ3v) is 4.62. The second kappa shape index (κ2) is 7.70. The van der Waals surface area contributed by atoms with Crippen LogP contribution in [0.15, 0.2) is 24.3 Å². The maximum atomic E-state index is 12.3. The summed E-state index contributed by atoms with van der Waals surface area (Å²) in [6, 6.07) is 8.50. The molecule has 2 atom stereocenters. The number of thioether (sulfide) groups is 1. The van der Waals surface area contributed by atoms with Gasteiger partial charge in [-0.15, -0.1) is 0 Å². The van der Waals surface area contributed by atoms with E-state index in [4.69, 9.17) is 0 Å². The molecule has 20 heavy (non-hydrogen) atoms. The third kappa shape index (κ3) is 4.25. The van der Waals surface area contributed by atoms with Crippen molar-refractivity contribution in [3.05, 3.63) is 35.4 Å². The fourth-order valence-electron chi connectivity index (χ4n) is 2.46. The molecular weight excluding hydrogens is 268 g/mol. The summed E-state index contributed by atoms with van der Waals surface area (Å²) < 4.78 is 0. The molecule has 1 aromatic carbocycles. The summed E-state index contributed by atoms with van der Waals surface area (Å²) in [5.41, 5.74) is 2.60. The van der Waals surface area contributed by atoms with E-state index in [0.29, 0.717) is 0 Å². The van der Waals surface area contributed by atoms with Crippen LogP contribution in [0.4, 0.5) is 0 Å². The number of amides is 1. The average molecular weight is 292 g/mol. The molecule has 1 heterocycles. The van der Waals surface area contributed by atoms with Crippen molar-refractivity contribution in [3.8, 4) is 0 Å². The van der Waals surface area contributed by atoms with Crippen molar-refractivity contribution in [3.63, 3.8) is 0 Å². The molecule has 0 saturated carbocycles. The van der Waals surface area contributed by atoms with Crippen LogP contribution in [0, 0.1) is 0 Å². The van der Waals surface area contributed by atoms with Crippen molar-refractivity contribution in [1.29, 1.82) is 0 Å². The molecular formula is C16H24N2OS. The number of carbonyl (C=O) groups excluding carboxylic acids is 1. The van der Waals surface area contributed by atoms with Gasteiger partial charge in [-0.2, -0.15) is 11.8 Å². The minimum atomic E-state index is -0.0915. The quantitative estimate of drug-likeness (QED) is 0.791. The predicted octanol–water partition coefficient (Wildman–Crippen LogP) is 2.35. The predicted molar refractivity (Wildman–Crippen MR) is 86.0 cm³/mol. The van der Waals surface area contributed by atoms with Crippen LogP contribution < -0.4 is 10.6 Å².